The minimum Gasteiger partial charge on any atom is -0.458 e. The van der Waals surface area contributed by atoms with Gasteiger partial charge in [0.1, 0.15) is 5.60 Å². The van der Waals surface area contributed by atoms with E-state index < -0.39 is 35.5 Å². The largest absolute Gasteiger partial charge is 0.458 e. The van der Waals surface area contributed by atoms with Crippen molar-refractivity contribution in [3.8, 4) is 0 Å². The van der Waals surface area contributed by atoms with Crippen molar-refractivity contribution in [2.75, 3.05) is 12.5 Å². The maximum absolute atomic E-state index is 13.1. The number of aliphatic hydroxyl groups excluding tert-OH is 1. The van der Waals surface area contributed by atoms with E-state index in [0.29, 0.717) is 38.0 Å². The second kappa shape index (κ2) is 8.52. The van der Waals surface area contributed by atoms with Crippen LogP contribution >= 0.6 is 11.6 Å². The second-order valence-corrected chi connectivity index (χ2v) is 11.2. The number of halogens is 1. The normalized spacial score (nSPS) is 43.0. The molecule has 2 N–H and O–H groups in total. The Morgan fingerprint density at radius 3 is 2.69 bits per heavy atom. The number of rotatable bonds is 6. The summed E-state index contributed by atoms with van der Waals surface area (Å²) in [6.07, 6.45) is 6.07. The van der Waals surface area contributed by atoms with E-state index in [0.717, 1.165) is 24.8 Å². The van der Waals surface area contributed by atoms with Crippen molar-refractivity contribution >= 4 is 29.1 Å². The van der Waals surface area contributed by atoms with Gasteiger partial charge in [0.2, 0.25) is 5.78 Å². The van der Waals surface area contributed by atoms with Gasteiger partial charge in [0, 0.05) is 24.1 Å². The van der Waals surface area contributed by atoms with Crippen LogP contribution in [0.1, 0.15) is 71.6 Å². The van der Waals surface area contributed by atoms with Crippen LogP contribution in [0.2, 0.25) is 0 Å². The average Bonchev–Trinajstić information content (AvgIpc) is 3.02. The Morgan fingerprint density at radius 2 is 1.97 bits per heavy atom. The van der Waals surface area contributed by atoms with Gasteiger partial charge in [-0.3, -0.25) is 14.4 Å². The van der Waals surface area contributed by atoms with Gasteiger partial charge in [0.15, 0.2) is 12.4 Å². The van der Waals surface area contributed by atoms with E-state index in [1.165, 1.54) is 0 Å². The van der Waals surface area contributed by atoms with Crippen molar-refractivity contribution in [3.05, 3.63) is 11.6 Å². The number of fused-ring (bicyclic) bond motifs is 5. The third-order valence-corrected chi connectivity index (χ3v) is 9.66. The first kappa shape index (κ1) is 23.9. The lowest BCUT2D eigenvalue weighted by atomic mass is 9.45. The average molecular weight is 467 g/mol. The highest BCUT2D eigenvalue weighted by Gasteiger charge is 2.68. The van der Waals surface area contributed by atoms with Gasteiger partial charge in [-0.2, -0.15) is 0 Å². The topological polar surface area (TPSA) is 101 Å². The molecule has 0 spiro atoms. The molecule has 0 aromatic carbocycles. The summed E-state index contributed by atoms with van der Waals surface area (Å²) < 4.78 is 5.13. The van der Waals surface area contributed by atoms with E-state index in [1.807, 2.05) is 6.92 Å². The number of ether oxygens (including phenoxy) is 1. The van der Waals surface area contributed by atoms with Gasteiger partial charge < -0.3 is 14.9 Å². The van der Waals surface area contributed by atoms with Gasteiger partial charge in [-0.25, -0.2) is 0 Å². The fourth-order valence-electron chi connectivity index (χ4n) is 7.70. The molecule has 6 nitrogen and oxygen atoms in total. The first-order valence-electron chi connectivity index (χ1n) is 12.0. The van der Waals surface area contributed by atoms with Gasteiger partial charge in [0.05, 0.1) is 6.10 Å². The zero-order valence-corrected chi connectivity index (χ0v) is 19.8. The number of hydrogen-bond acceptors (Lipinski definition) is 6. The van der Waals surface area contributed by atoms with Crippen molar-refractivity contribution in [1.82, 2.24) is 0 Å². The van der Waals surface area contributed by atoms with Crippen molar-refractivity contribution in [2.24, 2.45) is 28.6 Å². The smallest absolute Gasteiger partial charge is 0.306 e. The molecule has 0 saturated heterocycles. The predicted molar refractivity (Wildman–Crippen MR) is 119 cm³/mol. The van der Waals surface area contributed by atoms with E-state index in [-0.39, 0.29) is 35.4 Å². The van der Waals surface area contributed by atoms with Crippen molar-refractivity contribution in [1.29, 1.82) is 0 Å². The molecule has 178 valence electrons. The Hall–Kier alpha value is -1.24. The lowest BCUT2D eigenvalue weighted by Crippen LogP contribution is -2.62. The third kappa shape index (κ3) is 3.57. The van der Waals surface area contributed by atoms with Crippen LogP contribution in [0.5, 0.6) is 0 Å². The van der Waals surface area contributed by atoms with E-state index in [2.05, 4.69) is 6.92 Å². The standard InChI is InChI=1S/C25H35ClO6/c1-23-9-7-16(27)12-15(23)5-6-17-18-8-10-25(31,24(18,2)13-19(28)22(17)23)20(29)14-32-21(30)4-3-11-26/h12,17-19,22,28,31H,3-11,13-14H2,1-2H3. The molecule has 3 saturated carbocycles. The number of esters is 1. The number of Topliss-reactive ketones (excluding diaryl/α,β-unsaturated/α-hetero) is 1. The van der Waals surface area contributed by atoms with Gasteiger partial charge in [-0.1, -0.05) is 19.4 Å². The summed E-state index contributed by atoms with van der Waals surface area (Å²) in [4.78, 5) is 37.0. The lowest BCUT2D eigenvalue weighted by molar-refractivity contribution is -0.184. The summed E-state index contributed by atoms with van der Waals surface area (Å²) >= 11 is 5.60. The molecule has 4 aliphatic rings. The zero-order valence-electron chi connectivity index (χ0n) is 19.1. The first-order chi connectivity index (χ1) is 15.1. The Morgan fingerprint density at radius 1 is 1.22 bits per heavy atom. The van der Waals surface area contributed by atoms with Gasteiger partial charge >= 0.3 is 5.97 Å². The molecule has 0 heterocycles. The summed E-state index contributed by atoms with van der Waals surface area (Å²) in [6, 6.07) is 0. The predicted octanol–water partition coefficient (Wildman–Crippen LogP) is 3.35. The molecule has 0 aliphatic heterocycles. The van der Waals surface area contributed by atoms with Gasteiger partial charge in [-0.05, 0) is 74.2 Å². The number of carbonyl (C=O) groups excluding carboxylic acids is 3. The Kier molecular flexibility index (Phi) is 6.36. The molecule has 0 radical (unpaired) electrons. The van der Waals surface area contributed by atoms with Crippen LogP contribution in [-0.2, 0) is 19.1 Å². The number of aliphatic hydroxyl groups is 2. The summed E-state index contributed by atoms with van der Waals surface area (Å²) in [5.41, 5.74) is -1.43. The highest BCUT2D eigenvalue weighted by Crippen LogP contribution is 2.67. The van der Waals surface area contributed by atoms with E-state index in [9.17, 15) is 24.6 Å². The Labute approximate surface area is 194 Å². The molecule has 4 aliphatic carbocycles. The Bertz CT molecular complexity index is 838. The zero-order chi connectivity index (χ0) is 23.3. The molecule has 7 heteroatoms. The molecule has 0 aromatic rings. The molecule has 7 unspecified atom stereocenters. The SMILES string of the molecule is CC12CCC(=O)C=C1CCC1C2C(O)CC2(C)C1CCC2(O)C(=O)COC(=O)CCCCl. The second-order valence-electron chi connectivity index (χ2n) is 10.9. The van der Waals surface area contributed by atoms with Gasteiger partial charge in [0.25, 0.3) is 0 Å². The highest BCUT2D eigenvalue weighted by molar-refractivity contribution is 6.17. The van der Waals surface area contributed by atoms with Crippen molar-refractivity contribution in [2.45, 2.75) is 83.3 Å². The Balaban J connectivity index is 1.55. The molecular formula is C25H35ClO6. The molecule has 0 amide bonds. The summed E-state index contributed by atoms with van der Waals surface area (Å²) in [5.74, 6) is -0.125. The maximum atomic E-state index is 13.1. The van der Waals surface area contributed by atoms with E-state index in [1.54, 1.807) is 6.08 Å². The molecule has 4 rings (SSSR count). The maximum Gasteiger partial charge on any atom is 0.306 e. The summed E-state index contributed by atoms with van der Waals surface area (Å²) in [7, 11) is 0. The van der Waals surface area contributed by atoms with E-state index in [4.69, 9.17) is 16.3 Å². The van der Waals surface area contributed by atoms with Crippen LogP contribution < -0.4 is 0 Å². The monoisotopic (exact) mass is 466 g/mol. The minimum atomic E-state index is -1.62. The van der Waals surface area contributed by atoms with Crippen LogP contribution in [0, 0.1) is 28.6 Å². The first-order valence-corrected chi connectivity index (χ1v) is 12.5. The fraction of sp³-hybridized carbons (Fsp3) is 0.800. The van der Waals surface area contributed by atoms with Crippen LogP contribution in [-0.4, -0.2) is 51.9 Å². The number of hydrogen-bond donors (Lipinski definition) is 2. The van der Waals surface area contributed by atoms with Gasteiger partial charge in [-0.15, -0.1) is 11.6 Å². The molecule has 0 aromatic heterocycles. The molecule has 3 fully saturated rings. The number of ketones is 2. The third-order valence-electron chi connectivity index (χ3n) is 9.39. The number of allylic oxidation sites excluding steroid dienone is 1. The van der Waals surface area contributed by atoms with Crippen molar-refractivity contribution in [3.63, 3.8) is 0 Å². The molecular weight excluding hydrogens is 432 g/mol. The molecule has 7 atom stereocenters. The lowest BCUT2D eigenvalue weighted by Gasteiger charge is -2.60. The highest BCUT2D eigenvalue weighted by atomic mass is 35.5. The number of carbonyl (C=O) groups is 3. The fourth-order valence-corrected chi connectivity index (χ4v) is 7.83. The summed E-state index contributed by atoms with van der Waals surface area (Å²) in [6.45, 7) is 3.66. The molecule has 32 heavy (non-hydrogen) atoms. The van der Waals surface area contributed by atoms with Crippen LogP contribution in [0.4, 0.5) is 0 Å². The van der Waals surface area contributed by atoms with Crippen LogP contribution in [0.15, 0.2) is 11.6 Å². The van der Waals surface area contributed by atoms with Crippen LogP contribution in [0.25, 0.3) is 0 Å². The molecule has 0 bridgehead atoms. The minimum absolute atomic E-state index is 0.0273. The summed E-state index contributed by atoms with van der Waals surface area (Å²) in [5, 5.41) is 23.0. The van der Waals surface area contributed by atoms with Crippen LogP contribution in [0.3, 0.4) is 0 Å². The number of alkyl halides is 1. The quantitative estimate of drug-likeness (QED) is 0.460. The van der Waals surface area contributed by atoms with E-state index >= 15 is 0 Å². The van der Waals surface area contributed by atoms with Crippen molar-refractivity contribution < 1.29 is 29.3 Å².